The van der Waals surface area contributed by atoms with Gasteiger partial charge in [0.15, 0.2) is 0 Å². The van der Waals surface area contributed by atoms with E-state index in [-0.39, 0.29) is 0 Å². The molecular formula is C9H8O4. The normalized spacial score (nSPS) is 25.8. The van der Waals surface area contributed by atoms with Crippen molar-refractivity contribution < 1.29 is 19.4 Å². The molecule has 0 saturated heterocycles. The highest BCUT2D eigenvalue weighted by Crippen LogP contribution is 2.29. The summed E-state index contributed by atoms with van der Waals surface area (Å²) in [6.45, 7) is 1.26. The molecule has 4 heteroatoms. The van der Waals surface area contributed by atoms with Gasteiger partial charge in [-0.25, -0.2) is 4.79 Å². The summed E-state index contributed by atoms with van der Waals surface area (Å²) >= 11 is 0. The van der Waals surface area contributed by atoms with E-state index >= 15 is 0 Å². The number of hydrogen-bond acceptors (Lipinski definition) is 4. The van der Waals surface area contributed by atoms with Crippen molar-refractivity contribution in [3.8, 4) is 5.75 Å². The van der Waals surface area contributed by atoms with Gasteiger partial charge in [-0.15, -0.1) is 0 Å². The second-order valence-corrected chi connectivity index (χ2v) is 2.89. The van der Waals surface area contributed by atoms with Crippen molar-refractivity contribution in [3.05, 3.63) is 29.8 Å². The van der Waals surface area contributed by atoms with E-state index in [1.54, 1.807) is 24.3 Å². The number of cyclic esters (lactones) is 1. The Morgan fingerprint density at radius 1 is 1.31 bits per heavy atom. The molecule has 0 fully saturated rings. The molecule has 0 spiro atoms. The van der Waals surface area contributed by atoms with E-state index in [9.17, 15) is 9.90 Å². The molecule has 1 unspecified atom stereocenters. The van der Waals surface area contributed by atoms with Crippen LogP contribution in [0.5, 0.6) is 5.75 Å². The zero-order valence-corrected chi connectivity index (χ0v) is 6.98. The van der Waals surface area contributed by atoms with Gasteiger partial charge in [0.25, 0.3) is 0 Å². The molecule has 0 bridgehead atoms. The summed E-state index contributed by atoms with van der Waals surface area (Å²) in [4.78, 5) is 11.2. The third-order valence-electron chi connectivity index (χ3n) is 1.69. The number of esters is 1. The molecule has 0 aromatic heterocycles. The van der Waals surface area contributed by atoms with Gasteiger partial charge in [0.05, 0.1) is 0 Å². The van der Waals surface area contributed by atoms with E-state index < -0.39 is 11.9 Å². The molecule has 1 N–H and O–H groups in total. The van der Waals surface area contributed by atoms with Crippen LogP contribution < -0.4 is 4.74 Å². The van der Waals surface area contributed by atoms with Crippen molar-refractivity contribution in [2.24, 2.45) is 0 Å². The van der Waals surface area contributed by atoms with Gasteiger partial charge in [-0.3, -0.25) is 0 Å². The van der Waals surface area contributed by atoms with Crippen molar-refractivity contribution in [2.75, 3.05) is 0 Å². The summed E-state index contributed by atoms with van der Waals surface area (Å²) in [5.74, 6) is -2.10. The summed E-state index contributed by atoms with van der Waals surface area (Å²) in [6.07, 6.45) is 0. The molecule has 0 amide bonds. The van der Waals surface area contributed by atoms with E-state index in [1.807, 2.05) is 0 Å². The van der Waals surface area contributed by atoms with Crippen molar-refractivity contribution in [3.63, 3.8) is 0 Å². The second-order valence-electron chi connectivity index (χ2n) is 2.89. The quantitative estimate of drug-likeness (QED) is 0.603. The molecular weight excluding hydrogens is 172 g/mol. The molecule has 1 aliphatic rings. The van der Waals surface area contributed by atoms with Crippen LogP contribution in [0.2, 0.25) is 0 Å². The molecule has 1 aromatic carbocycles. The molecule has 1 aromatic rings. The number of aliphatic hydroxyl groups is 1. The second kappa shape index (κ2) is 2.47. The van der Waals surface area contributed by atoms with Crippen molar-refractivity contribution >= 4 is 5.97 Å². The van der Waals surface area contributed by atoms with Crippen LogP contribution in [-0.4, -0.2) is 17.0 Å². The first kappa shape index (κ1) is 8.07. The minimum atomic E-state index is -1.86. The van der Waals surface area contributed by atoms with Crippen LogP contribution in [0.1, 0.15) is 17.3 Å². The first-order valence-corrected chi connectivity index (χ1v) is 3.82. The Balaban J connectivity index is 2.49. The van der Waals surface area contributed by atoms with Crippen LogP contribution in [-0.2, 0) is 4.74 Å². The summed E-state index contributed by atoms with van der Waals surface area (Å²) in [5.41, 5.74) is 0.328. The molecule has 13 heavy (non-hydrogen) atoms. The largest absolute Gasteiger partial charge is 0.429 e. The fourth-order valence-electron chi connectivity index (χ4n) is 1.18. The maximum Gasteiger partial charge on any atom is 0.368 e. The van der Waals surface area contributed by atoms with Crippen LogP contribution in [0.25, 0.3) is 0 Å². The summed E-state index contributed by atoms with van der Waals surface area (Å²) < 4.78 is 9.60. The first-order chi connectivity index (χ1) is 6.08. The maximum atomic E-state index is 11.2. The first-order valence-electron chi connectivity index (χ1n) is 3.82. The highest BCUT2D eigenvalue weighted by atomic mass is 16.8. The lowest BCUT2D eigenvalue weighted by atomic mass is 10.2. The van der Waals surface area contributed by atoms with E-state index in [1.165, 1.54) is 6.92 Å². The van der Waals surface area contributed by atoms with Crippen LogP contribution >= 0.6 is 0 Å². The Bertz CT molecular complexity index is 356. The minimum absolute atomic E-state index is 0.328. The lowest BCUT2D eigenvalue weighted by molar-refractivity contribution is -0.281. The maximum absolute atomic E-state index is 11.2. The summed E-state index contributed by atoms with van der Waals surface area (Å²) in [7, 11) is 0. The third-order valence-corrected chi connectivity index (χ3v) is 1.69. The molecule has 68 valence electrons. The Hall–Kier alpha value is -1.55. The molecule has 2 rings (SSSR count). The average molecular weight is 180 g/mol. The van der Waals surface area contributed by atoms with Gasteiger partial charge in [-0.1, -0.05) is 12.1 Å². The zero-order chi connectivity index (χ0) is 9.47. The monoisotopic (exact) mass is 180 g/mol. The summed E-state index contributed by atoms with van der Waals surface area (Å²) in [5, 5.41) is 9.33. The fourth-order valence-corrected chi connectivity index (χ4v) is 1.18. The molecule has 4 nitrogen and oxygen atoms in total. The van der Waals surface area contributed by atoms with Crippen molar-refractivity contribution in [2.45, 2.75) is 12.9 Å². The Morgan fingerprint density at radius 2 is 2.00 bits per heavy atom. The summed E-state index contributed by atoms with van der Waals surface area (Å²) in [6, 6.07) is 6.59. The Labute approximate surface area is 74.7 Å². The van der Waals surface area contributed by atoms with Gasteiger partial charge in [-0.2, -0.15) is 0 Å². The van der Waals surface area contributed by atoms with Crippen molar-refractivity contribution in [1.29, 1.82) is 0 Å². The number of rotatable bonds is 0. The number of ether oxygens (including phenoxy) is 2. The van der Waals surface area contributed by atoms with Gasteiger partial charge in [-0.05, 0) is 12.1 Å². The molecule has 1 aliphatic heterocycles. The van der Waals surface area contributed by atoms with Crippen molar-refractivity contribution in [1.82, 2.24) is 0 Å². The van der Waals surface area contributed by atoms with E-state index in [2.05, 4.69) is 4.74 Å². The fraction of sp³-hybridized carbons (Fsp3) is 0.222. The Morgan fingerprint density at radius 3 is 2.77 bits per heavy atom. The zero-order valence-electron chi connectivity index (χ0n) is 6.98. The van der Waals surface area contributed by atoms with Gasteiger partial charge >= 0.3 is 11.9 Å². The smallest absolute Gasteiger partial charge is 0.368 e. The number of benzene rings is 1. The minimum Gasteiger partial charge on any atom is -0.429 e. The number of para-hydroxylation sites is 1. The Kier molecular flexibility index (Phi) is 1.53. The number of hydrogen-bond donors (Lipinski definition) is 1. The lowest BCUT2D eigenvalue weighted by Crippen LogP contribution is -2.41. The standard InChI is InChI=1S/C9H8O4/c1-9(11)12-7-5-3-2-4-6(7)8(10)13-9/h2-5,11H,1H3. The highest BCUT2D eigenvalue weighted by Gasteiger charge is 2.35. The molecule has 0 saturated carbocycles. The average Bonchev–Trinajstić information content (AvgIpc) is 2.02. The molecule has 1 atom stereocenters. The van der Waals surface area contributed by atoms with Crippen LogP contribution in [0.15, 0.2) is 24.3 Å². The molecule has 0 aliphatic carbocycles. The van der Waals surface area contributed by atoms with E-state index in [4.69, 9.17) is 4.74 Å². The van der Waals surface area contributed by atoms with Gasteiger partial charge in [0, 0.05) is 6.92 Å². The predicted molar refractivity (Wildman–Crippen MR) is 43.1 cm³/mol. The topological polar surface area (TPSA) is 55.8 Å². The SMILES string of the molecule is CC1(O)OC(=O)c2ccccc2O1. The molecule has 1 heterocycles. The van der Waals surface area contributed by atoms with Gasteiger partial charge in [0.1, 0.15) is 11.3 Å². The van der Waals surface area contributed by atoms with E-state index in [0.717, 1.165) is 0 Å². The van der Waals surface area contributed by atoms with Crippen LogP contribution in [0.4, 0.5) is 0 Å². The third kappa shape index (κ3) is 1.36. The number of fused-ring (bicyclic) bond motifs is 1. The van der Waals surface area contributed by atoms with E-state index in [0.29, 0.717) is 11.3 Å². The number of carbonyl (C=O) groups excluding carboxylic acids is 1. The lowest BCUT2D eigenvalue weighted by Gasteiger charge is -2.29. The van der Waals surface area contributed by atoms with Gasteiger partial charge in [0.2, 0.25) is 0 Å². The van der Waals surface area contributed by atoms with Crippen LogP contribution in [0.3, 0.4) is 0 Å². The molecule has 0 radical (unpaired) electrons. The van der Waals surface area contributed by atoms with Crippen LogP contribution in [0, 0.1) is 0 Å². The number of carbonyl (C=O) groups is 1. The van der Waals surface area contributed by atoms with Gasteiger partial charge < -0.3 is 14.6 Å². The highest BCUT2D eigenvalue weighted by molar-refractivity contribution is 5.93. The predicted octanol–water partition coefficient (Wildman–Crippen LogP) is 0.902.